The predicted molar refractivity (Wildman–Crippen MR) is 120 cm³/mol. The SMILES string of the molecule is Cc1cc(C)c2cc(CN(Cc3ccco3)C(=S)NCc3ccco3)c(=O)[nH]c2c1. The predicted octanol–water partition coefficient (Wildman–Crippen LogP) is 4.41. The Morgan fingerprint density at radius 2 is 1.80 bits per heavy atom. The zero-order valence-corrected chi connectivity index (χ0v) is 17.7. The molecule has 0 unspecified atom stereocenters. The van der Waals surface area contributed by atoms with Gasteiger partial charge in [-0.2, -0.15) is 0 Å². The lowest BCUT2D eigenvalue weighted by Gasteiger charge is -2.25. The summed E-state index contributed by atoms with van der Waals surface area (Å²) in [5.74, 6) is 1.55. The van der Waals surface area contributed by atoms with Gasteiger partial charge in [0.25, 0.3) is 5.56 Å². The van der Waals surface area contributed by atoms with E-state index >= 15 is 0 Å². The largest absolute Gasteiger partial charge is 0.467 e. The second-order valence-electron chi connectivity index (χ2n) is 7.34. The molecule has 1 aromatic carbocycles. The van der Waals surface area contributed by atoms with Crippen molar-refractivity contribution in [3.63, 3.8) is 0 Å². The van der Waals surface area contributed by atoms with Gasteiger partial charge >= 0.3 is 0 Å². The van der Waals surface area contributed by atoms with Crippen molar-refractivity contribution >= 4 is 28.2 Å². The van der Waals surface area contributed by atoms with Crippen molar-refractivity contribution in [2.24, 2.45) is 0 Å². The number of pyridine rings is 1. The van der Waals surface area contributed by atoms with Gasteiger partial charge in [-0.15, -0.1) is 0 Å². The Kier molecular flexibility index (Phi) is 5.72. The smallest absolute Gasteiger partial charge is 0.253 e. The number of nitrogens with one attached hydrogen (secondary N) is 2. The Morgan fingerprint density at radius 3 is 2.50 bits per heavy atom. The first-order valence-electron chi connectivity index (χ1n) is 9.70. The van der Waals surface area contributed by atoms with E-state index in [1.807, 2.05) is 55.1 Å². The van der Waals surface area contributed by atoms with Crippen molar-refractivity contribution in [2.75, 3.05) is 0 Å². The molecule has 0 amide bonds. The first kappa shape index (κ1) is 20.0. The van der Waals surface area contributed by atoms with Gasteiger partial charge in [0.2, 0.25) is 0 Å². The van der Waals surface area contributed by atoms with Gasteiger partial charge in [0, 0.05) is 16.5 Å². The zero-order chi connectivity index (χ0) is 21.1. The highest BCUT2D eigenvalue weighted by molar-refractivity contribution is 7.80. The average Bonchev–Trinajstić information content (AvgIpc) is 3.40. The molecule has 30 heavy (non-hydrogen) atoms. The number of hydrogen-bond acceptors (Lipinski definition) is 4. The van der Waals surface area contributed by atoms with Crippen molar-refractivity contribution in [2.45, 2.75) is 33.5 Å². The summed E-state index contributed by atoms with van der Waals surface area (Å²) >= 11 is 5.62. The molecule has 0 bridgehead atoms. The number of nitrogens with zero attached hydrogens (tertiary/aromatic N) is 1. The van der Waals surface area contributed by atoms with Crippen LogP contribution in [0.25, 0.3) is 10.9 Å². The van der Waals surface area contributed by atoms with Gasteiger partial charge in [-0.1, -0.05) is 6.07 Å². The number of hydrogen-bond donors (Lipinski definition) is 2. The topological polar surface area (TPSA) is 74.4 Å². The number of aryl methyl sites for hydroxylation is 2. The standard InChI is InChI=1S/C23H23N3O3S/c1-15-9-16(2)20-11-17(22(27)25-21(20)10-15)13-26(14-19-6-4-8-29-19)23(30)24-12-18-5-3-7-28-18/h3-11H,12-14H2,1-2H3,(H,24,30)(H,25,27). The Balaban J connectivity index is 1.61. The van der Waals surface area contributed by atoms with Gasteiger partial charge in [0.15, 0.2) is 5.11 Å². The number of furan rings is 2. The normalized spacial score (nSPS) is 11.0. The van der Waals surface area contributed by atoms with Gasteiger partial charge in [-0.25, -0.2) is 0 Å². The molecule has 0 saturated heterocycles. The van der Waals surface area contributed by atoms with Crippen LogP contribution < -0.4 is 10.9 Å². The highest BCUT2D eigenvalue weighted by Gasteiger charge is 2.16. The molecule has 0 aliphatic heterocycles. The Hall–Kier alpha value is -3.32. The molecule has 0 aliphatic carbocycles. The molecule has 0 spiro atoms. The molecule has 0 aliphatic rings. The number of thiocarbonyl (C=S) groups is 1. The zero-order valence-electron chi connectivity index (χ0n) is 16.9. The van der Waals surface area contributed by atoms with Gasteiger partial charge in [-0.3, -0.25) is 4.79 Å². The van der Waals surface area contributed by atoms with E-state index in [0.29, 0.717) is 30.3 Å². The fourth-order valence-electron chi connectivity index (χ4n) is 3.52. The summed E-state index contributed by atoms with van der Waals surface area (Å²) in [6.07, 6.45) is 3.25. The third-order valence-electron chi connectivity index (χ3n) is 4.96. The fourth-order valence-corrected chi connectivity index (χ4v) is 3.72. The molecule has 4 rings (SSSR count). The van der Waals surface area contributed by atoms with Gasteiger partial charge in [0.1, 0.15) is 11.5 Å². The van der Waals surface area contributed by atoms with Gasteiger partial charge < -0.3 is 24.0 Å². The van der Waals surface area contributed by atoms with Gasteiger partial charge in [0.05, 0.1) is 32.2 Å². The van der Waals surface area contributed by atoms with E-state index in [1.165, 1.54) is 0 Å². The quantitative estimate of drug-likeness (QED) is 0.449. The number of aromatic amines is 1. The van der Waals surface area contributed by atoms with Crippen molar-refractivity contribution in [3.8, 4) is 0 Å². The maximum absolute atomic E-state index is 12.8. The summed E-state index contributed by atoms with van der Waals surface area (Å²) in [6.45, 7) is 5.33. The fraction of sp³-hybridized carbons (Fsp3) is 0.217. The minimum atomic E-state index is -0.120. The molecule has 0 radical (unpaired) electrons. The minimum absolute atomic E-state index is 0.120. The number of aromatic nitrogens is 1. The molecule has 0 saturated carbocycles. The summed E-state index contributed by atoms with van der Waals surface area (Å²) in [4.78, 5) is 17.7. The third-order valence-corrected chi connectivity index (χ3v) is 5.36. The number of rotatable bonds is 6. The van der Waals surface area contributed by atoms with Crippen LogP contribution in [0.3, 0.4) is 0 Å². The van der Waals surface area contributed by atoms with Crippen LogP contribution in [-0.2, 0) is 19.6 Å². The Morgan fingerprint density at radius 1 is 1.07 bits per heavy atom. The summed E-state index contributed by atoms with van der Waals surface area (Å²) < 4.78 is 10.9. The minimum Gasteiger partial charge on any atom is -0.467 e. The number of fused-ring (bicyclic) bond motifs is 1. The molecule has 3 heterocycles. The van der Waals surface area contributed by atoms with E-state index in [2.05, 4.69) is 16.4 Å². The van der Waals surface area contributed by atoms with Crippen molar-refractivity contribution in [1.82, 2.24) is 15.2 Å². The summed E-state index contributed by atoms with van der Waals surface area (Å²) in [5, 5.41) is 4.75. The van der Waals surface area contributed by atoms with Crippen LogP contribution in [0.4, 0.5) is 0 Å². The lowest BCUT2D eigenvalue weighted by atomic mass is 10.0. The maximum Gasteiger partial charge on any atom is 0.253 e. The van der Waals surface area contributed by atoms with Crippen LogP contribution in [0.5, 0.6) is 0 Å². The van der Waals surface area contributed by atoms with Crippen LogP contribution in [-0.4, -0.2) is 15.0 Å². The van der Waals surface area contributed by atoms with Crippen molar-refractivity contribution in [3.05, 3.63) is 93.6 Å². The summed E-state index contributed by atoms with van der Waals surface area (Å²) in [6, 6.07) is 13.5. The van der Waals surface area contributed by atoms with Crippen LogP contribution >= 0.6 is 12.2 Å². The first-order valence-corrected chi connectivity index (χ1v) is 10.1. The second kappa shape index (κ2) is 8.59. The lowest BCUT2D eigenvalue weighted by molar-refractivity contribution is 0.348. The van der Waals surface area contributed by atoms with E-state index in [0.717, 1.165) is 33.6 Å². The van der Waals surface area contributed by atoms with E-state index in [4.69, 9.17) is 21.1 Å². The highest BCUT2D eigenvalue weighted by Crippen LogP contribution is 2.19. The van der Waals surface area contributed by atoms with E-state index < -0.39 is 0 Å². The average molecular weight is 422 g/mol. The van der Waals surface area contributed by atoms with Crippen LogP contribution in [0, 0.1) is 13.8 Å². The summed E-state index contributed by atoms with van der Waals surface area (Å²) in [7, 11) is 0. The molecular weight excluding hydrogens is 398 g/mol. The van der Waals surface area contributed by atoms with Crippen molar-refractivity contribution < 1.29 is 8.83 Å². The summed E-state index contributed by atoms with van der Waals surface area (Å²) in [5.41, 5.74) is 3.61. The molecule has 6 nitrogen and oxygen atoms in total. The van der Waals surface area contributed by atoms with E-state index in [1.54, 1.807) is 12.5 Å². The van der Waals surface area contributed by atoms with E-state index in [9.17, 15) is 4.79 Å². The molecule has 154 valence electrons. The monoisotopic (exact) mass is 421 g/mol. The van der Waals surface area contributed by atoms with E-state index in [-0.39, 0.29) is 5.56 Å². The maximum atomic E-state index is 12.8. The molecule has 3 aromatic heterocycles. The highest BCUT2D eigenvalue weighted by atomic mass is 32.1. The molecule has 7 heteroatoms. The lowest BCUT2D eigenvalue weighted by Crippen LogP contribution is -2.39. The molecule has 4 aromatic rings. The Bertz CT molecular complexity index is 1210. The van der Waals surface area contributed by atoms with Gasteiger partial charge in [-0.05, 0) is 73.6 Å². The molecule has 0 atom stereocenters. The van der Waals surface area contributed by atoms with Crippen molar-refractivity contribution in [1.29, 1.82) is 0 Å². The molecule has 0 fully saturated rings. The number of H-pyrrole nitrogens is 1. The Labute approximate surface area is 179 Å². The third kappa shape index (κ3) is 4.46. The molecule has 2 N–H and O–H groups in total. The van der Waals surface area contributed by atoms with Crippen LogP contribution in [0.2, 0.25) is 0 Å². The first-order chi connectivity index (χ1) is 14.5. The second-order valence-corrected chi connectivity index (χ2v) is 7.73. The van der Waals surface area contributed by atoms with Crippen LogP contribution in [0.15, 0.2) is 68.6 Å². The molecular formula is C23H23N3O3S. The number of benzene rings is 1. The van der Waals surface area contributed by atoms with Crippen LogP contribution in [0.1, 0.15) is 28.2 Å².